The number of hydrogen-bond donors (Lipinski definition) is 9. The van der Waals surface area contributed by atoms with Crippen molar-refractivity contribution >= 4 is 5.97 Å². The Labute approximate surface area is 211 Å². The van der Waals surface area contributed by atoms with Crippen LogP contribution in [0.15, 0.2) is 30.0 Å². The number of carbonyl (C=O) groups excluding carboxylic acids is 1. The first kappa shape index (κ1) is 25.4. The van der Waals surface area contributed by atoms with E-state index in [-0.39, 0.29) is 17.7 Å². The topological polar surface area (TPSA) is 213 Å². The highest BCUT2D eigenvalue weighted by Gasteiger charge is 3.10. The number of nitrogens with one attached hydrogen (secondary N) is 1. The second-order valence-electron chi connectivity index (χ2n) is 11.9. The average molecular weight is 524 g/mol. The molecule has 11 atom stereocenters. The number of aliphatic hydroxyl groups excluding tert-OH is 3. The van der Waals surface area contributed by atoms with Crippen LogP contribution in [0.5, 0.6) is 0 Å². The van der Waals surface area contributed by atoms with Gasteiger partial charge >= 0.3 is 5.97 Å². The molecule has 2 saturated heterocycles. The van der Waals surface area contributed by atoms with Crippen molar-refractivity contribution in [3.05, 3.63) is 35.7 Å². The molecule has 3 saturated carbocycles. The van der Waals surface area contributed by atoms with Gasteiger partial charge in [-0.1, -0.05) is 19.9 Å². The molecule has 0 radical (unpaired) electrons. The molecular weight excluding hydrogens is 490 g/mol. The molecule has 1 aromatic heterocycles. The quantitative estimate of drug-likeness (QED) is 0.148. The highest BCUT2D eigenvalue weighted by atomic mass is 16.7. The summed E-state index contributed by atoms with van der Waals surface area (Å²) in [5, 5.41) is 94.0. The van der Waals surface area contributed by atoms with Crippen LogP contribution in [-0.4, -0.2) is 111 Å². The minimum absolute atomic E-state index is 0.0243. The summed E-state index contributed by atoms with van der Waals surface area (Å²) in [6.07, 6.45) is -1.89. The van der Waals surface area contributed by atoms with Crippen LogP contribution in [0.4, 0.5) is 0 Å². The Kier molecular flexibility index (Phi) is 4.56. The second kappa shape index (κ2) is 6.64. The van der Waals surface area contributed by atoms with E-state index in [0.717, 1.165) is 0 Å². The molecule has 2 aliphatic heterocycles. The zero-order valence-electron chi connectivity index (χ0n) is 20.7. The summed E-state index contributed by atoms with van der Waals surface area (Å²) in [5.41, 5.74) is -17.2. The lowest BCUT2D eigenvalue weighted by Crippen LogP contribution is -2.74. The Bertz CT molecular complexity index is 1220. The number of carbonyl (C=O) groups is 1. The van der Waals surface area contributed by atoms with Gasteiger partial charge in [0.1, 0.15) is 34.2 Å². The molecule has 0 aromatic carbocycles. The second-order valence-corrected chi connectivity index (χ2v) is 11.9. The molecule has 6 bridgehead atoms. The molecule has 204 valence electrons. The van der Waals surface area contributed by atoms with Gasteiger partial charge < -0.3 is 55.3 Å². The molecule has 4 aliphatic carbocycles. The lowest BCUT2D eigenvalue weighted by molar-refractivity contribution is -0.380. The maximum absolute atomic E-state index is 13.2. The van der Waals surface area contributed by atoms with Crippen molar-refractivity contribution in [3.63, 3.8) is 0 Å². The SMILES string of the molecule is C[C@@H](CO)[C@@]1(O)[C@@H](OC(=O)c2ccc[nH]2)[C@]2(O)[C@@]3(C)C[C@]4(O)O[C@@]5([C@@H](O)C(CO)=CC[C@]35O)[C@@]2(O)[C@@]14C. The molecule has 9 N–H and O–H groups in total. The van der Waals surface area contributed by atoms with Crippen LogP contribution in [0.2, 0.25) is 0 Å². The van der Waals surface area contributed by atoms with Gasteiger partial charge in [-0.25, -0.2) is 4.79 Å². The predicted molar refractivity (Wildman–Crippen MR) is 121 cm³/mol. The van der Waals surface area contributed by atoms with Crippen LogP contribution in [0.1, 0.15) is 44.1 Å². The standard InChI is InChI=1S/C25H33NO11/c1-12(9-27)22(33)17(36-16(30)14-5-4-8-26-14)23(34)18(2)11-21(32)19(22,3)25(23,35)24(37-21)15(29)13(10-28)6-7-20(18,24)31/h4-6,8,12,15,17,26-29,31-35H,7,9-11H2,1-3H3/t12-,15-,17+,18-,19+,20-,21-,22+,23-,24+,25+/m0/s1. The summed E-state index contributed by atoms with van der Waals surface area (Å²) in [6.45, 7) is 2.62. The Morgan fingerprint density at radius 1 is 1.22 bits per heavy atom. The van der Waals surface area contributed by atoms with Crippen LogP contribution in [0, 0.1) is 16.7 Å². The van der Waals surface area contributed by atoms with E-state index in [1.165, 1.54) is 45.2 Å². The molecule has 37 heavy (non-hydrogen) atoms. The maximum Gasteiger partial charge on any atom is 0.355 e. The average Bonchev–Trinajstić information content (AvgIpc) is 3.48. The van der Waals surface area contributed by atoms with Crippen molar-refractivity contribution in [2.45, 2.75) is 79.6 Å². The molecule has 3 heterocycles. The summed E-state index contributed by atoms with van der Waals surface area (Å²) in [6, 6.07) is 2.93. The smallest absolute Gasteiger partial charge is 0.355 e. The monoisotopic (exact) mass is 523 g/mol. The number of rotatable bonds is 5. The highest BCUT2D eigenvalue weighted by molar-refractivity contribution is 5.87. The van der Waals surface area contributed by atoms with Gasteiger partial charge in [0, 0.05) is 30.6 Å². The number of hydrogen-bond acceptors (Lipinski definition) is 11. The van der Waals surface area contributed by atoms with E-state index < -0.39 is 88.4 Å². The molecule has 6 aliphatic rings. The molecule has 0 amide bonds. The van der Waals surface area contributed by atoms with Gasteiger partial charge in [0.15, 0.2) is 17.5 Å². The van der Waals surface area contributed by atoms with Crippen molar-refractivity contribution in [2.75, 3.05) is 13.2 Å². The fraction of sp³-hybridized carbons (Fsp3) is 0.720. The van der Waals surface area contributed by atoms with Gasteiger partial charge in [0.05, 0.1) is 12.0 Å². The predicted octanol–water partition coefficient (Wildman–Crippen LogP) is -2.32. The van der Waals surface area contributed by atoms with Crippen molar-refractivity contribution in [2.24, 2.45) is 16.7 Å². The third-order valence-corrected chi connectivity index (χ3v) is 11.1. The van der Waals surface area contributed by atoms with Crippen LogP contribution >= 0.6 is 0 Å². The first-order valence-electron chi connectivity index (χ1n) is 12.3. The number of esters is 1. The van der Waals surface area contributed by atoms with Gasteiger partial charge in [0.2, 0.25) is 0 Å². The Morgan fingerprint density at radius 2 is 1.89 bits per heavy atom. The zero-order valence-corrected chi connectivity index (χ0v) is 20.7. The van der Waals surface area contributed by atoms with Gasteiger partial charge in [-0.2, -0.15) is 0 Å². The van der Waals surface area contributed by atoms with E-state index in [4.69, 9.17) is 9.47 Å². The third kappa shape index (κ3) is 1.93. The molecule has 0 unspecified atom stereocenters. The normalized spacial score (nSPS) is 55.8. The molecule has 1 aromatic rings. The largest absolute Gasteiger partial charge is 0.451 e. The van der Waals surface area contributed by atoms with Crippen LogP contribution in [0.3, 0.4) is 0 Å². The molecular formula is C25H33NO11. The van der Waals surface area contributed by atoms with Crippen LogP contribution in [0.25, 0.3) is 0 Å². The minimum Gasteiger partial charge on any atom is -0.451 e. The van der Waals surface area contributed by atoms with E-state index in [1.54, 1.807) is 0 Å². The van der Waals surface area contributed by atoms with Crippen molar-refractivity contribution in [3.8, 4) is 0 Å². The number of aliphatic hydroxyl groups is 8. The fourth-order valence-electron chi connectivity index (χ4n) is 9.26. The molecule has 5 fully saturated rings. The molecule has 7 rings (SSSR count). The van der Waals surface area contributed by atoms with Crippen LogP contribution < -0.4 is 0 Å². The maximum atomic E-state index is 13.2. The fourth-order valence-corrected chi connectivity index (χ4v) is 9.26. The molecule has 12 nitrogen and oxygen atoms in total. The van der Waals surface area contributed by atoms with E-state index in [0.29, 0.717) is 0 Å². The van der Waals surface area contributed by atoms with Gasteiger partial charge in [-0.3, -0.25) is 0 Å². The number of aromatic amines is 1. The van der Waals surface area contributed by atoms with Gasteiger partial charge in [-0.05, 0) is 31.1 Å². The van der Waals surface area contributed by atoms with Crippen molar-refractivity contribution in [1.29, 1.82) is 0 Å². The number of H-pyrrole nitrogens is 1. The van der Waals surface area contributed by atoms with Crippen LogP contribution in [-0.2, 0) is 9.47 Å². The van der Waals surface area contributed by atoms with E-state index in [2.05, 4.69) is 4.98 Å². The first-order chi connectivity index (χ1) is 17.1. The van der Waals surface area contributed by atoms with E-state index >= 15 is 0 Å². The highest BCUT2D eigenvalue weighted by Crippen LogP contribution is 2.90. The van der Waals surface area contributed by atoms with Gasteiger partial charge in [0.25, 0.3) is 0 Å². The minimum atomic E-state index is -2.85. The van der Waals surface area contributed by atoms with E-state index in [9.17, 15) is 45.6 Å². The zero-order chi connectivity index (χ0) is 27.2. The lowest BCUT2D eigenvalue weighted by atomic mass is 9.52. The number of aromatic nitrogens is 1. The Hall–Kier alpha value is -1.87. The van der Waals surface area contributed by atoms with Crippen molar-refractivity contribution < 1.29 is 55.1 Å². The van der Waals surface area contributed by atoms with E-state index in [1.807, 2.05) is 0 Å². The third-order valence-electron chi connectivity index (χ3n) is 11.1. The summed E-state index contributed by atoms with van der Waals surface area (Å²) >= 11 is 0. The summed E-state index contributed by atoms with van der Waals surface area (Å²) < 4.78 is 11.8. The Balaban J connectivity index is 1.70. The summed E-state index contributed by atoms with van der Waals surface area (Å²) in [4.78, 5) is 15.9. The summed E-state index contributed by atoms with van der Waals surface area (Å²) in [5.74, 6) is -4.69. The number of ether oxygens (including phenoxy) is 2. The Morgan fingerprint density at radius 3 is 2.46 bits per heavy atom. The lowest BCUT2D eigenvalue weighted by Gasteiger charge is -2.59. The molecule has 12 heteroatoms. The molecule has 1 spiro atoms. The first-order valence-corrected chi connectivity index (χ1v) is 12.3. The van der Waals surface area contributed by atoms with Gasteiger partial charge in [-0.15, -0.1) is 0 Å². The summed E-state index contributed by atoms with van der Waals surface area (Å²) in [7, 11) is 0. The van der Waals surface area contributed by atoms with Crippen molar-refractivity contribution in [1.82, 2.24) is 4.98 Å².